The van der Waals surface area contributed by atoms with Gasteiger partial charge in [-0.3, -0.25) is 4.79 Å². The topological polar surface area (TPSA) is 117 Å². The summed E-state index contributed by atoms with van der Waals surface area (Å²) in [6, 6.07) is 6.84. The lowest BCUT2D eigenvalue weighted by molar-refractivity contribution is 0.0991. The maximum Gasteiger partial charge on any atom is 0.271 e. The highest BCUT2D eigenvalue weighted by Gasteiger charge is 2.20. The molecule has 0 radical (unpaired) electrons. The normalized spacial score (nSPS) is 10.1. The molecule has 0 atom stereocenters. The predicted molar refractivity (Wildman–Crippen MR) is 76.2 cm³/mol. The Labute approximate surface area is 126 Å². The fourth-order valence-corrected chi connectivity index (χ4v) is 1.68. The SMILES string of the molecule is COc1ccccc1Oc1c(OCCO)ncnc1C(N)=O. The summed E-state index contributed by atoms with van der Waals surface area (Å²) in [5.41, 5.74) is 5.16. The number of para-hydroxylation sites is 2. The molecule has 3 N–H and O–H groups in total. The van der Waals surface area contributed by atoms with E-state index in [1.807, 2.05) is 0 Å². The third kappa shape index (κ3) is 3.41. The number of aliphatic hydroxyl groups excluding tert-OH is 1. The monoisotopic (exact) mass is 305 g/mol. The number of primary amides is 1. The van der Waals surface area contributed by atoms with Crippen LogP contribution in [-0.2, 0) is 0 Å². The second-order valence-corrected chi connectivity index (χ2v) is 4.05. The predicted octanol–water partition coefficient (Wildman–Crippen LogP) is 0.748. The minimum atomic E-state index is -0.791. The molecule has 0 aliphatic carbocycles. The number of ether oxygens (including phenoxy) is 3. The van der Waals surface area contributed by atoms with E-state index in [-0.39, 0.29) is 30.5 Å². The summed E-state index contributed by atoms with van der Waals surface area (Å²) in [6.07, 6.45) is 1.13. The van der Waals surface area contributed by atoms with Crippen LogP contribution in [-0.4, -0.2) is 41.3 Å². The minimum Gasteiger partial charge on any atom is -0.493 e. The number of nitrogens with two attached hydrogens (primary N) is 1. The van der Waals surface area contributed by atoms with Crippen molar-refractivity contribution in [3.05, 3.63) is 36.3 Å². The second-order valence-electron chi connectivity index (χ2n) is 4.05. The van der Waals surface area contributed by atoms with Crippen molar-refractivity contribution in [3.8, 4) is 23.1 Å². The van der Waals surface area contributed by atoms with Gasteiger partial charge in [0.05, 0.1) is 13.7 Å². The zero-order valence-corrected chi connectivity index (χ0v) is 11.9. The number of amides is 1. The van der Waals surface area contributed by atoms with Crippen LogP contribution in [0.4, 0.5) is 0 Å². The highest BCUT2D eigenvalue weighted by molar-refractivity contribution is 5.94. The lowest BCUT2D eigenvalue weighted by Crippen LogP contribution is -2.16. The summed E-state index contributed by atoms with van der Waals surface area (Å²) in [5.74, 6) is -0.0242. The third-order valence-electron chi connectivity index (χ3n) is 2.62. The molecule has 2 aromatic rings. The Morgan fingerprint density at radius 1 is 1.27 bits per heavy atom. The van der Waals surface area contributed by atoms with Gasteiger partial charge in [0.25, 0.3) is 11.8 Å². The number of carbonyl (C=O) groups excluding carboxylic acids is 1. The molecule has 0 fully saturated rings. The Hall–Kier alpha value is -2.87. The summed E-state index contributed by atoms with van der Waals surface area (Å²) >= 11 is 0. The first-order chi connectivity index (χ1) is 10.7. The quantitative estimate of drug-likeness (QED) is 0.775. The smallest absolute Gasteiger partial charge is 0.271 e. The highest BCUT2D eigenvalue weighted by atomic mass is 16.5. The van der Waals surface area contributed by atoms with E-state index < -0.39 is 5.91 Å². The van der Waals surface area contributed by atoms with Gasteiger partial charge in [-0.2, -0.15) is 4.98 Å². The van der Waals surface area contributed by atoms with Crippen molar-refractivity contribution < 1.29 is 24.1 Å². The van der Waals surface area contributed by atoms with Crippen LogP contribution in [0.1, 0.15) is 10.5 Å². The first-order valence-corrected chi connectivity index (χ1v) is 6.36. The molecular weight excluding hydrogens is 290 g/mol. The van der Waals surface area contributed by atoms with Crippen molar-refractivity contribution in [1.82, 2.24) is 9.97 Å². The van der Waals surface area contributed by atoms with Crippen molar-refractivity contribution in [3.63, 3.8) is 0 Å². The lowest BCUT2D eigenvalue weighted by Gasteiger charge is -2.14. The number of nitrogens with zero attached hydrogens (tertiary/aromatic N) is 2. The Balaban J connectivity index is 2.44. The molecule has 1 heterocycles. The van der Waals surface area contributed by atoms with E-state index in [2.05, 4.69) is 9.97 Å². The maximum absolute atomic E-state index is 11.5. The van der Waals surface area contributed by atoms with E-state index in [9.17, 15) is 4.79 Å². The third-order valence-corrected chi connectivity index (χ3v) is 2.62. The molecule has 0 aliphatic rings. The van der Waals surface area contributed by atoms with Gasteiger partial charge in [-0.15, -0.1) is 0 Å². The van der Waals surface area contributed by atoms with Crippen molar-refractivity contribution in [2.75, 3.05) is 20.3 Å². The largest absolute Gasteiger partial charge is 0.493 e. The van der Waals surface area contributed by atoms with Crippen LogP contribution in [0.25, 0.3) is 0 Å². The first-order valence-electron chi connectivity index (χ1n) is 6.36. The van der Waals surface area contributed by atoms with Crippen LogP contribution in [0.5, 0.6) is 23.1 Å². The van der Waals surface area contributed by atoms with Gasteiger partial charge < -0.3 is 25.1 Å². The summed E-state index contributed by atoms with van der Waals surface area (Å²) in [4.78, 5) is 19.2. The highest BCUT2D eigenvalue weighted by Crippen LogP contribution is 2.36. The Bertz CT molecular complexity index is 663. The van der Waals surface area contributed by atoms with Crippen LogP contribution in [0.3, 0.4) is 0 Å². The molecule has 0 bridgehead atoms. The summed E-state index contributed by atoms with van der Waals surface area (Å²) in [5, 5.41) is 8.85. The van der Waals surface area contributed by atoms with E-state index in [0.29, 0.717) is 11.5 Å². The minimum absolute atomic E-state index is 0.00348. The number of methoxy groups -OCH3 is 1. The van der Waals surface area contributed by atoms with E-state index in [0.717, 1.165) is 6.33 Å². The summed E-state index contributed by atoms with van der Waals surface area (Å²) in [7, 11) is 1.49. The van der Waals surface area contributed by atoms with E-state index in [1.54, 1.807) is 24.3 Å². The van der Waals surface area contributed by atoms with Gasteiger partial charge in [0.2, 0.25) is 5.75 Å². The van der Waals surface area contributed by atoms with Crippen molar-refractivity contribution in [2.24, 2.45) is 5.73 Å². The van der Waals surface area contributed by atoms with Gasteiger partial charge in [0, 0.05) is 0 Å². The lowest BCUT2D eigenvalue weighted by atomic mass is 10.3. The van der Waals surface area contributed by atoms with Crippen molar-refractivity contribution in [2.45, 2.75) is 0 Å². The Kier molecular flexibility index (Phi) is 5.10. The molecule has 8 nitrogen and oxygen atoms in total. The number of carbonyl (C=O) groups is 1. The number of hydrogen-bond acceptors (Lipinski definition) is 7. The van der Waals surface area contributed by atoms with Crippen molar-refractivity contribution in [1.29, 1.82) is 0 Å². The molecule has 0 saturated heterocycles. The number of aliphatic hydroxyl groups is 1. The van der Waals surface area contributed by atoms with E-state index in [1.165, 1.54) is 7.11 Å². The summed E-state index contributed by atoms with van der Waals surface area (Å²) in [6.45, 7) is -0.235. The van der Waals surface area contributed by atoms with Gasteiger partial charge in [-0.25, -0.2) is 4.98 Å². The Morgan fingerprint density at radius 3 is 2.64 bits per heavy atom. The van der Waals surface area contributed by atoms with Gasteiger partial charge in [-0.05, 0) is 12.1 Å². The summed E-state index contributed by atoms with van der Waals surface area (Å²) < 4.78 is 16.1. The fourth-order valence-electron chi connectivity index (χ4n) is 1.68. The standard InChI is InChI=1S/C14H15N3O5/c1-20-9-4-2-3-5-10(9)22-12-11(13(15)19)16-8-17-14(12)21-7-6-18/h2-5,8,18H,6-7H2,1H3,(H2,15,19). The van der Waals surface area contributed by atoms with Crippen molar-refractivity contribution >= 4 is 5.91 Å². The second kappa shape index (κ2) is 7.23. The number of hydrogen-bond donors (Lipinski definition) is 2. The van der Waals surface area contributed by atoms with Gasteiger partial charge in [-0.1, -0.05) is 12.1 Å². The molecule has 0 spiro atoms. The van der Waals surface area contributed by atoms with Crippen LogP contribution >= 0.6 is 0 Å². The van der Waals surface area contributed by atoms with Crippen LogP contribution in [0.15, 0.2) is 30.6 Å². The maximum atomic E-state index is 11.5. The van der Waals surface area contributed by atoms with Gasteiger partial charge in [0.15, 0.2) is 17.2 Å². The molecule has 116 valence electrons. The van der Waals surface area contributed by atoms with Gasteiger partial charge >= 0.3 is 0 Å². The number of benzene rings is 1. The van der Waals surface area contributed by atoms with Crippen LogP contribution < -0.4 is 19.9 Å². The molecule has 22 heavy (non-hydrogen) atoms. The van der Waals surface area contributed by atoms with E-state index >= 15 is 0 Å². The van der Waals surface area contributed by atoms with Gasteiger partial charge in [0.1, 0.15) is 12.9 Å². The first kappa shape index (κ1) is 15.5. The molecule has 1 aromatic carbocycles. The average molecular weight is 305 g/mol. The zero-order chi connectivity index (χ0) is 15.9. The average Bonchev–Trinajstić information content (AvgIpc) is 2.54. The number of aromatic nitrogens is 2. The zero-order valence-electron chi connectivity index (χ0n) is 11.9. The van der Waals surface area contributed by atoms with E-state index in [4.69, 9.17) is 25.1 Å². The molecule has 1 amide bonds. The molecule has 8 heteroatoms. The number of rotatable bonds is 7. The molecular formula is C14H15N3O5. The Morgan fingerprint density at radius 2 is 2.00 bits per heavy atom. The molecule has 1 aromatic heterocycles. The molecule has 0 saturated carbocycles. The molecule has 0 unspecified atom stereocenters. The fraction of sp³-hybridized carbons (Fsp3) is 0.214. The van der Waals surface area contributed by atoms with Crippen LogP contribution in [0, 0.1) is 0 Å². The van der Waals surface area contributed by atoms with Crippen LogP contribution in [0.2, 0.25) is 0 Å². The molecule has 2 rings (SSSR count). The molecule has 0 aliphatic heterocycles.